The number of hydrogen-bond acceptors (Lipinski definition) is 3. The van der Waals surface area contributed by atoms with E-state index >= 15 is 0 Å². The van der Waals surface area contributed by atoms with Crippen LogP contribution < -0.4 is 10.1 Å². The minimum absolute atomic E-state index is 0.0585. The number of rotatable bonds is 5. The standard InChI is InChI=1S/C17H25NO3/c1-12-4-3-5-13(8-12)9-17(20)18-15-6-7-16(21-2)14(10-15)11-19/h6-7,10,12-13,19H,3-5,8-9,11H2,1-2H3,(H,18,20). The Hall–Kier alpha value is -1.55. The topological polar surface area (TPSA) is 58.6 Å². The fraction of sp³-hybridized carbons (Fsp3) is 0.588. The highest BCUT2D eigenvalue weighted by atomic mass is 16.5. The molecule has 0 saturated heterocycles. The number of nitrogens with one attached hydrogen (secondary N) is 1. The van der Waals surface area contributed by atoms with E-state index in [0.29, 0.717) is 29.3 Å². The van der Waals surface area contributed by atoms with Crippen LogP contribution in [0.2, 0.25) is 0 Å². The number of carbonyl (C=O) groups is 1. The van der Waals surface area contributed by atoms with Crippen LogP contribution in [0, 0.1) is 11.8 Å². The molecule has 4 nitrogen and oxygen atoms in total. The van der Waals surface area contributed by atoms with Gasteiger partial charge in [0.1, 0.15) is 5.75 Å². The van der Waals surface area contributed by atoms with Crippen LogP contribution in [-0.4, -0.2) is 18.1 Å². The molecule has 1 aromatic rings. The number of aliphatic hydroxyl groups is 1. The third-order valence-electron chi connectivity index (χ3n) is 4.25. The first kappa shape index (κ1) is 15.8. The second kappa shape index (κ2) is 7.46. The largest absolute Gasteiger partial charge is 0.496 e. The summed E-state index contributed by atoms with van der Waals surface area (Å²) in [6, 6.07) is 5.34. The predicted molar refractivity (Wildman–Crippen MR) is 83.3 cm³/mol. The highest BCUT2D eigenvalue weighted by Gasteiger charge is 2.21. The Morgan fingerprint density at radius 2 is 2.24 bits per heavy atom. The summed E-state index contributed by atoms with van der Waals surface area (Å²) in [6.45, 7) is 2.16. The summed E-state index contributed by atoms with van der Waals surface area (Å²) < 4.78 is 5.16. The Labute approximate surface area is 126 Å². The maximum Gasteiger partial charge on any atom is 0.224 e. The van der Waals surface area contributed by atoms with Crippen LogP contribution in [0.5, 0.6) is 5.75 Å². The van der Waals surface area contributed by atoms with Crippen LogP contribution in [0.15, 0.2) is 18.2 Å². The zero-order valence-corrected chi connectivity index (χ0v) is 12.9. The summed E-state index contributed by atoms with van der Waals surface area (Å²) in [5.74, 6) is 1.93. The van der Waals surface area contributed by atoms with Gasteiger partial charge in [-0.15, -0.1) is 0 Å². The van der Waals surface area contributed by atoms with Crippen molar-refractivity contribution < 1.29 is 14.6 Å². The summed E-state index contributed by atoms with van der Waals surface area (Å²) >= 11 is 0. The summed E-state index contributed by atoms with van der Waals surface area (Å²) in [5.41, 5.74) is 1.40. The monoisotopic (exact) mass is 291 g/mol. The number of anilines is 1. The van der Waals surface area contributed by atoms with E-state index in [2.05, 4.69) is 12.2 Å². The van der Waals surface area contributed by atoms with Gasteiger partial charge in [-0.25, -0.2) is 0 Å². The minimum Gasteiger partial charge on any atom is -0.496 e. The van der Waals surface area contributed by atoms with Crippen LogP contribution in [0.3, 0.4) is 0 Å². The highest BCUT2D eigenvalue weighted by molar-refractivity contribution is 5.91. The molecule has 0 bridgehead atoms. The third-order valence-corrected chi connectivity index (χ3v) is 4.25. The number of hydrogen-bond donors (Lipinski definition) is 2. The zero-order chi connectivity index (χ0) is 15.2. The van der Waals surface area contributed by atoms with Crippen molar-refractivity contribution in [3.63, 3.8) is 0 Å². The predicted octanol–water partition coefficient (Wildman–Crippen LogP) is 3.34. The van der Waals surface area contributed by atoms with E-state index in [9.17, 15) is 9.90 Å². The molecule has 1 aliphatic rings. The number of carbonyl (C=O) groups excluding carboxylic acids is 1. The van der Waals surface area contributed by atoms with Gasteiger partial charge in [0.25, 0.3) is 0 Å². The molecule has 2 atom stereocenters. The lowest BCUT2D eigenvalue weighted by atomic mass is 9.81. The molecule has 2 unspecified atom stereocenters. The van der Waals surface area contributed by atoms with Crippen molar-refractivity contribution in [1.82, 2.24) is 0 Å². The van der Waals surface area contributed by atoms with Crippen molar-refractivity contribution in [3.05, 3.63) is 23.8 Å². The zero-order valence-electron chi connectivity index (χ0n) is 12.9. The Morgan fingerprint density at radius 1 is 1.43 bits per heavy atom. The molecule has 0 aliphatic heterocycles. The van der Waals surface area contributed by atoms with E-state index in [1.165, 1.54) is 12.8 Å². The van der Waals surface area contributed by atoms with E-state index in [-0.39, 0.29) is 12.5 Å². The lowest BCUT2D eigenvalue weighted by Gasteiger charge is -2.26. The number of amides is 1. The molecular formula is C17H25NO3. The minimum atomic E-state index is -0.104. The van der Waals surface area contributed by atoms with Crippen molar-refractivity contribution in [2.24, 2.45) is 11.8 Å². The second-order valence-corrected chi connectivity index (χ2v) is 6.07. The Morgan fingerprint density at radius 3 is 2.90 bits per heavy atom. The molecule has 1 fully saturated rings. The van der Waals surface area contributed by atoms with Gasteiger partial charge < -0.3 is 15.2 Å². The van der Waals surface area contributed by atoms with Gasteiger partial charge in [0.05, 0.1) is 13.7 Å². The van der Waals surface area contributed by atoms with Gasteiger partial charge in [-0.2, -0.15) is 0 Å². The molecule has 2 N–H and O–H groups in total. The van der Waals surface area contributed by atoms with Gasteiger partial charge in [0.2, 0.25) is 5.91 Å². The third kappa shape index (κ3) is 4.46. The average Bonchev–Trinajstić information content (AvgIpc) is 2.47. The Kier molecular flexibility index (Phi) is 5.62. The maximum absolute atomic E-state index is 12.1. The summed E-state index contributed by atoms with van der Waals surface area (Å²) in [7, 11) is 1.57. The first-order valence-electron chi connectivity index (χ1n) is 7.70. The van der Waals surface area contributed by atoms with Crippen molar-refractivity contribution in [2.75, 3.05) is 12.4 Å². The molecular weight excluding hydrogens is 266 g/mol. The fourth-order valence-corrected chi connectivity index (χ4v) is 3.20. The Balaban J connectivity index is 1.93. The smallest absolute Gasteiger partial charge is 0.224 e. The molecule has 21 heavy (non-hydrogen) atoms. The van der Waals surface area contributed by atoms with Gasteiger partial charge in [0, 0.05) is 17.7 Å². The molecule has 1 amide bonds. The number of aliphatic hydroxyl groups excluding tert-OH is 1. The average molecular weight is 291 g/mol. The number of ether oxygens (including phenoxy) is 1. The van der Waals surface area contributed by atoms with E-state index in [1.54, 1.807) is 25.3 Å². The molecule has 4 heteroatoms. The summed E-state index contributed by atoms with van der Waals surface area (Å²) in [5, 5.41) is 12.2. The van der Waals surface area contributed by atoms with Gasteiger partial charge >= 0.3 is 0 Å². The van der Waals surface area contributed by atoms with Crippen LogP contribution >= 0.6 is 0 Å². The molecule has 1 saturated carbocycles. The normalized spacial score (nSPS) is 21.9. The van der Waals surface area contributed by atoms with E-state index in [4.69, 9.17) is 4.74 Å². The van der Waals surface area contributed by atoms with Gasteiger partial charge in [-0.1, -0.05) is 19.8 Å². The highest BCUT2D eigenvalue weighted by Crippen LogP contribution is 2.31. The SMILES string of the molecule is COc1ccc(NC(=O)CC2CCCC(C)C2)cc1CO. The van der Waals surface area contributed by atoms with E-state index in [1.807, 2.05) is 0 Å². The molecule has 2 rings (SSSR count). The maximum atomic E-state index is 12.1. The van der Waals surface area contributed by atoms with E-state index in [0.717, 1.165) is 18.8 Å². The van der Waals surface area contributed by atoms with Gasteiger partial charge in [0.15, 0.2) is 0 Å². The molecule has 0 aromatic heterocycles. The van der Waals surface area contributed by atoms with Gasteiger partial charge in [-0.3, -0.25) is 4.79 Å². The van der Waals surface area contributed by atoms with Crippen molar-refractivity contribution in [3.8, 4) is 5.75 Å². The first-order chi connectivity index (χ1) is 10.1. The molecule has 1 aliphatic carbocycles. The van der Waals surface area contributed by atoms with Crippen molar-refractivity contribution >= 4 is 11.6 Å². The molecule has 0 heterocycles. The molecule has 0 spiro atoms. The van der Waals surface area contributed by atoms with Crippen LogP contribution in [0.4, 0.5) is 5.69 Å². The quantitative estimate of drug-likeness (QED) is 0.874. The number of benzene rings is 1. The van der Waals surface area contributed by atoms with Crippen molar-refractivity contribution in [1.29, 1.82) is 0 Å². The summed E-state index contributed by atoms with van der Waals surface area (Å²) in [6.07, 6.45) is 5.41. The summed E-state index contributed by atoms with van der Waals surface area (Å²) in [4.78, 5) is 12.1. The lowest BCUT2D eigenvalue weighted by molar-refractivity contribution is -0.117. The van der Waals surface area contributed by atoms with Crippen LogP contribution in [-0.2, 0) is 11.4 Å². The first-order valence-corrected chi connectivity index (χ1v) is 7.70. The Bertz CT molecular complexity index is 487. The van der Waals surface area contributed by atoms with Gasteiger partial charge in [-0.05, 0) is 42.9 Å². The van der Waals surface area contributed by atoms with E-state index < -0.39 is 0 Å². The molecule has 116 valence electrons. The van der Waals surface area contributed by atoms with Crippen LogP contribution in [0.25, 0.3) is 0 Å². The molecule has 0 radical (unpaired) electrons. The van der Waals surface area contributed by atoms with Crippen LogP contribution in [0.1, 0.15) is 44.6 Å². The molecule has 1 aromatic carbocycles. The number of methoxy groups -OCH3 is 1. The second-order valence-electron chi connectivity index (χ2n) is 6.07. The van der Waals surface area contributed by atoms with Crippen molar-refractivity contribution in [2.45, 2.75) is 45.6 Å². The lowest BCUT2D eigenvalue weighted by Crippen LogP contribution is -2.21. The fourth-order valence-electron chi connectivity index (χ4n) is 3.20.